The summed E-state index contributed by atoms with van der Waals surface area (Å²) in [6.07, 6.45) is 4.28. The molecule has 3 rings (SSSR count). The van der Waals surface area contributed by atoms with Gasteiger partial charge in [0.15, 0.2) is 0 Å². The van der Waals surface area contributed by atoms with E-state index < -0.39 is 0 Å². The Morgan fingerprint density at radius 2 is 1.83 bits per heavy atom. The molecule has 0 aliphatic heterocycles. The number of nitrogens with one attached hydrogen (secondary N) is 2. The second-order valence-electron chi connectivity index (χ2n) is 5.49. The van der Waals surface area contributed by atoms with Gasteiger partial charge in [0.1, 0.15) is 0 Å². The van der Waals surface area contributed by atoms with Gasteiger partial charge in [-0.25, -0.2) is 0 Å². The minimum atomic E-state index is 0.138. The number of benzene rings is 2. The smallest absolute Gasteiger partial charge is 0.0672 e. The molecule has 0 spiro atoms. The first kappa shape index (κ1) is 15.2. The minimum Gasteiger partial charge on any atom is -0.386 e. The van der Waals surface area contributed by atoms with Crippen LogP contribution in [0.25, 0.3) is 0 Å². The summed E-state index contributed by atoms with van der Waals surface area (Å²) in [5.74, 6) is 6.86. The minimum absolute atomic E-state index is 0.138. The van der Waals surface area contributed by atoms with Crippen LogP contribution in [0, 0.1) is 18.3 Å². The highest BCUT2D eigenvalue weighted by Crippen LogP contribution is 2.36. The molecule has 0 heterocycles. The molecule has 0 aromatic heterocycles. The van der Waals surface area contributed by atoms with Gasteiger partial charge in [0.05, 0.1) is 17.3 Å². The van der Waals surface area contributed by atoms with Crippen molar-refractivity contribution in [2.45, 2.75) is 12.8 Å². The van der Waals surface area contributed by atoms with Crippen LogP contribution < -0.4 is 10.6 Å². The first-order chi connectivity index (χ1) is 11.3. The summed E-state index contributed by atoms with van der Waals surface area (Å²) in [5, 5.41) is 6.64. The molecule has 0 saturated heterocycles. The molecule has 0 amide bonds. The maximum atomic E-state index is 3.42. The number of anilines is 2. The lowest BCUT2D eigenvalue weighted by molar-refractivity contribution is 1.09. The summed E-state index contributed by atoms with van der Waals surface area (Å²) in [6, 6.07) is 16.6. The van der Waals surface area contributed by atoms with E-state index in [1.807, 2.05) is 37.4 Å². The van der Waals surface area contributed by atoms with Crippen molar-refractivity contribution in [3.8, 4) is 11.8 Å². The first-order valence-corrected chi connectivity index (χ1v) is 7.99. The van der Waals surface area contributed by atoms with Gasteiger partial charge in [-0.15, -0.1) is 0 Å². The predicted molar refractivity (Wildman–Crippen MR) is 98.6 cm³/mol. The fourth-order valence-corrected chi connectivity index (χ4v) is 2.57. The summed E-state index contributed by atoms with van der Waals surface area (Å²) >= 11 is 0. The van der Waals surface area contributed by atoms with Crippen LogP contribution in [0.3, 0.4) is 0 Å². The molecular formula is C21H21N2. The zero-order valence-corrected chi connectivity index (χ0v) is 13.6. The van der Waals surface area contributed by atoms with Crippen molar-refractivity contribution < 1.29 is 0 Å². The third kappa shape index (κ3) is 3.76. The van der Waals surface area contributed by atoms with Crippen LogP contribution in [0.4, 0.5) is 11.4 Å². The zero-order chi connectivity index (χ0) is 16.1. The molecule has 2 heteroatoms. The Morgan fingerprint density at radius 3 is 2.48 bits per heavy atom. The molecule has 2 aromatic rings. The molecular weight excluding hydrogens is 280 g/mol. The molecule has 1 aliphatic rings. The van der Waals surface area contributed by atoms with Crippen LogP contribution in [-0.2, 0) is 0 Å². The molecule has 0 fully saturated rings. The quantitative estimate of drug-likeness (QED) is 0.798. The summed E-state index contributed by atoms with van der Waals surface area (Å²) < 4.78 is 0. The van der Waals surface area contributed by atoms with Gasteiger partial charge in [0.2, 0.25) is 0 Å². The van der Waals surface area contributed by atoms with Gasteiger partial charge in [-0.2, -0.15) is 0 Å². The Labute approximate surface area is 138 Å². The standard InChI is InChI=1S/C21H21N2/c1-3-23-21-15-18(12-14-20(21)22-2)19(17-10-11-17)13-9-16-7-5-4-6-8-16/h4-8,10-12,14-15,19,22-23H,3H2,1-2H3. The average Bonchev–Trinajstić information content (AvgIpc) is 3.42. The number of hydrogen-bond donors (Lipinski definition) is 2. The second kappa shape index (κ2) is 7.07. The lowest BCUT2D eigenvalue weighted by Crippen LogP contribution is -2.03. The fraction of sp³-hybridized carbons (Fsp3) is 0.190. The van der Waals surface area contributed by atoms with Gasteiger partial charge in [-0.3, -0.25) is 0 Å². The van der Waals surface area contributed by atoms with Crippen molar-refractivity contribution in [1.82, 2.24) is 0 Å². The van der Waals surface area contributed by atoms with E-state index in [1.54, 1.807) is 0 Å². The molecule has 23 heavy (non-hydrogen) atoms. The van der Waals surface area contributed by atoms with Gasteiger partial charge < -0.3 is 10.6 Å². The highest BCUT2D eigenvalue weighted by Gasteiger charge is 2.21. The summed E-state index contributed by atoms with van der Waals surface area (Å²) in [5.41, 5.74) is 5.81. The molecule has 1 unspecified atom stereocenters. The van der Waals surface area contributed by atoms with Gasteiger partial charge >= 0.3 is 0 Å². The second-order valence-corrected chi connectivity index (χ2v) is 5.49. The van der Waals surface area contributed by atoms with Crippen molar-refractivity contribution in [2.75, 3.05) is 24.2 Å². The highest BCUT2D eigenvalue weighted by molar-refractivity contribution is 5.71. The maximum absolute atomic E-state index is 3.42. The molecule has 2 N–H and O–H groups in total. The predicted octanol–water partition coefficient (Wildman–Crippen LogP) is 4.44. The SMILES string of the molecule is CCNc1cc(C(C#Cc2ccccc2)C2=C[CH]2)ccc1NC. The van der Waals surface area contributed by atoms with Crippen LogP contribution in [0.15, 0.2) is 60.2 Å². The van der Waals surface area contributed by atoms with Gasteiger partial charge in [-0.1, -0.05) is 42.2 Å². The summed E-state index contributed by atoms with van der Waals surface area (Å²) in [6.45, 7) is 3.00. The average molecular weight is 301 g/mol. The largest absolute Gasteiger partial charge is 0.386 e. The Morgan fingerprint density at radius 1 is 1.04 bits per heavy atom. The van der Waals surface area contributed by atoms with Crippen molar-refractivity contribution in [3.63, 3.8) is 0 Å². The van der Waals surface area contributed by atoms with Crippen LogP contribution in [-0.4, -0.2) is 13.6 Å². The molecule has 2 nitrogen and oxygen atoms in total. The van der Waals surface area contributed by atoms with E-state index in [0.29, 0.717) is 0 Å². The van der Waals surface area contributed by atoms with E-state index in [9.17, 15) is 0 Å². The van der Waals surface area contributed by atoms with Crippen molar-refractivity contribution >= 4 is 11.4 Å². The molecule has 115 valence electrons. The Bertz CT molecular complexity index is 763. The van der Waals surface area contributed by atoms with E-state index in [1.165, 1.54) is 11.1 Å². The molecule has 2 aromatic carbocycles. The zero-order valence-electron chi connectivity index (χ0n) is 13.6. The van der Waals surface area contributed by atoms with E-state index in [0.717, 1.165) is 23.5 Å². The number of allylic oxidation sites excluding steroid dienone is 2. The Balaban J connectivity index is 1.92. The summed E-state index contributed by atoms with van der Waals surface area (Å²) in [7, 11) is 1.94. The van der Waals surface area contributed by atoms with Gasteiger partial charge in [-0.05, 0) is 42.3 Å². The molecule has 1 aliphatic carbocycles. The topological polar surface area (TPSA) is 24.1 Å². The molecule has 0 saturated carbocycles. The van der Waals surface area contributed by atoms with E-state index >= 15 is 0 Å². The maximum Gasteiger partial charge on any atom is 0.0672 e. The lowest BCUT2D eigenvalue weighted by atomic mass is 9.95. The van der Waals surface area contributed by atoms with E-state index in [4.69, 9.17) is 0 Å². The monoisotopic (exact) mass is 301 g/mol. The third-order valence-corrected chi connectivity index (χ3v) is 3.84. The van der Waals surface area contributed by atoms with E-state index in [-0.39, 0.29) is 5.92 Å². The Hall–Kier alpha value is -2.66. The normalized spacial score (nSPS) is 13.4. The van der Waals surface area contributed by atoms with Gasteiger partial charge in [0, 0.05) is 25.6 Å². The molecule has 1 radical (unpaired) electrons. The first-order valence-electron chi connectivity index (χ1n) is 7.99. The fourth-order valence-electron chi connectivity index (χ4n) is 2.57. The third-order valence-electron chi connectivity index (χ3n) is 3.84. The van der Waals surface area contributed by atoms with Crippen molar-refractivity contribution in [2.24, 2.45) is 0 Å². The van der Waals surface area contributed by atoms with Crippen LogP contribution >= 0.6 is 0 Å². The molecule has 1 atom stereocenters. The van der Waals surface area contributed by atoms with Crippen molar-refractivity contribution in [3.05, 3.63) is 77.7 Å². The van der Waals surface area contributed by atoms with Gasteiger partial charge in [0.25, 0.3) is 0 Å². The highest BCUT2D eigenvalue weighted by atomic mass is 14.9. The summed E-state index contributed by atoms with van der Waals surface area (Å²) in [4.78, 5) is 0. The Kier molecular flexibility index (Phi) is 4.68. The lowest BCUT2D eigenvalue weighted by Gasteiger charge is -2.15. The van der Waals surface area contributed by atoms with Crippen molar-refractivity contribution in [1.29, 1.82) is 0 Å². The van der Waals surface area contributed by atoms with Crippen LogP contribution in [0.5, 0.6) is 0 Å². The van der Waals surface area contributed by atoms with Crippen LogP contribution in [0.1, 0.15) is 24.0 Å². The van der Waals surface area contributed by atoms with E-state index in [2.05, 4.69) is 60.1 Å². The number of hydrogen-bond acceptors (Lipinski definition) is 2. The molecule has 0 bridgehead atoms. The van der Waals surface area contributed by atoms with Crippen LogP contribution in [0.2, 0.25) is 0 Å². The number of rotatable bonds is 5.